The first-order valence-electron chi connectivity index (χ1n) is 7.14. The van der Waals surface area contributed by atoms with Crippen molar-refractivity contribution in [3.8, 4) is 5.69 Å². The third kappa shape index (κ3) is 3.42. The molecular weight excluding hydrogens is 295 g/mol. The van der Waals surface area contributed by atoms with Gasteiger partial charge in [-0.3, -0.25) is 4.79 Å². The molecule has 1 amide bonds. The Morgan fingerprint density at radius 1 is 1.22 bits per heavy atom. The van der Waals surface area contributed by atoms with Crippen LogP contribution in [0.2, 0.25) is 0 Å². The molecule has 0 radical (unpaired) electrons. The molecule has 23 heavy (non-hydrogen) atoms. The summed E-state index contributed by atoms with van der Waals surface area (Å²) in [4.78, 5) is 16.1. The van der Waals surface area contributed by atoms with E-state index >= 15 is 0 Å². The van der Waals surface area contributed by atoms with Gasteiger partial charge in [-0.2, -0.15) is 0 Å². The van der Waals surface area contributed by atoms with E-state index in [1.807, 2.05) is 31.2 Å². The van der Waals surface area contributed by atoms with Crippen LogP contribution in [0.25, 0.3) is 5.69 Å². The fourth-order valence-corrected chi connectivity index (χ4v) is 2.16. The van der Waals surface area contributed by atoms with Crippen LogP contribution < -0.4 is 5.32 Å². The number of hydrogen-bond acceptors (Lipinski definition) is 3. The van der Waals surface area contributed by atoms with Crippen LogP contribution in [0.1, 0.15) is 21.7 Å². The molecule has 0 atom stereocenters. The number of benzene rings is 2. The van der Waals surface area contributed by atoms with Crippen molar-refractivity contribution in [1.29, 1.82) is 0 Å². The Balaban J connectivity index is 1.70. The van der Waals surface area contributed by atoms with Crippen LogP contribution >= 0.6 is 0 Å². The lowest BCUT2D eigenvalue weighted by Crippen LogP contribution is -2.24. The third-order valence-corrected chi connectivity index (χ3v) is 3.36. The largest absolute Gasteiger partial charge is 0.345 e. The molecule has 0 unspecified atom stereocenters. The van der Waals surface area contributed by atoms with Gasteiger partial charge in [0.15, 0.2) is 0 Å². The van der Waals surface area contributed by atoms with Gasteiger partial charge in [-0.25, -0.2) is 14.1 Å². The summed E-state index contributed by atoms with van der Waals surface area (Å²) in [6, 6.07) is 14.0. The molecule has 1 aromatic heterocycles. The zero-order valence-electron chi connectivity index (χ0n) is 12.5. The number of halogens is 1. The van der Waals surface area contributed by atoms with Crippen molar-refractivity contribution < 1.29 is 9.18 Å². The van der Waals surface area contributed by atoms with Gasteiger partial charge >= 0.3 is 0 Å². The molecule has 3 rings (SSSR count). The predicted octanol–water partition coefficient (Wildman–Crippen LogP) is 2.64. The van der Waals surface area contributed by atoms with Crippen molar-refractivity contribution in [2.45, 2.75) is 13.5 Å². The van der Waals surface area contributed by atoms with Crippen LogP contribution in [0.4, 0.5) is 4.39 Å². The topological polar surface area (TPSA) is 59.8 Å². The minimum Gasteiger partial charge on any atom is -0.345 e. The smallest absolute Gasteiger partial charge is 0.291 e. The Bertz CT molecular complexity index is 844. The van der Waals surface area contributed by atoms with Crippen LogP contribution in [0.5, 0.6) is 0 Å². The lowest BCUT2D eigenvalue weighted by molar-refractivity contribution is 0.0940. The normalized spacial score (nSPS) is 10.5. The molecule has 0 spiro atoms. The molecule has 0 aliphatic heterocycles. The highest BCUT2D eigenvalue weighted by molar-refractivity contribution is 5.90. The first kappa shape index (κ1) is 14.9. The highest BCUT2D eigenvalue weighted by Crippen LogP contribution is 2.09. The maximum absolute atomic E-state index is 13.5. The van der Waals surface area contributed by atoms with Crippen molar-refractivity contribution in [3.63, 3.8) is 0 Å². The van der Waals surface area contributed by atoms with Gasteiger partial charge in [0.1, 0.15) is 12.1 Å². The summed E-state index contributed by atoms with van der Waals surface area (Å²) in [6.07, 6.45) is 1.48. The number of carbonyl (C=O) groups is 1. The van der Waals surface area contributed by atoms with E-state index in [0.717, 1.165) is 11.3 Å². The van der Waals surface area contributed by atoms with Crippen LogP contribution in [0, 0.1) is 12.7 Å². The Morgan fingerprint density at radius 3 is 2.83 bits per heavy atom. The molecule has 6 heteroatoms. The van der Waals surface area contributed by atoms with E-state index in [9.17, 15) is 9.18 Å². The van der Waals surface area contributed by atoms with Crippen molar-refractivity contribution in [2.24, 2.45) is 0 Å². The van der Waals surface area contributed by atoms with Crippen molar-refractivity contribution in [3.05, 3.63) is 77.6 Å². The van der Waals surface area contributed by atoms with Gasteiger partial charge in [-0.1, -0.05) is 30.3 Å². The van der Waals surface area contributed by atoms with Crippen LogP contribution in [0.15, 0.2) is 54.9 Å². The summed E-state index contributed by atoms with van der Waals surface area (Å²) in [5.74, 6) is -0.756. The monoisotopic (exact) mass is 310 g/mol. The highest BCUT2D eigenvalue weighted by Gasteiger charge is 2.12. The standard InChI is InChI=1S/C17H15FN4O/c1-12-5-4-7-14(9-12)22-11-20-16(21-22)17(23)19-10-13-6-2-3-8-15(13)18/h2-9,11H,10H2,1H3,(H,19,23). The minimum absolute atomic E-state index is 0.0443. The van der Waals surface area contributed by atoms with Gasteiger partial charge in [-0.05, 0) is 30.7 Å². The number of nitrogens with one attached hydrogen (secondary N) is 1. The maximum Gasteiger partial charge on any atom is 0.291 e. The summed E-state index contributed by atoms with van der Waals surface area (Å²) in [7, 11) is 0. The molecule has 1 heterocycles. The molecule has 0 saturated heterocycles. The number of rotatable bonds is 4. The van der Waals surface area contributed by atoms with Crippen LogP contribution in [-0.2, 0) is 6.54 Å². The molecule has 0 aliphatic rings. The second kappa shape index (κ2) is 6.39. The van der Waals surface area contributed by atoms with Gasteiger partial charge in [0.05, 0.1) is 5.69 Å². The SMILES string of the molecule is Cc1cccc(-n2cnc(C(=O)NCc3ccccc3F)n2)c1. The fourth-order valence-electron chi connectivity index (χ4n) is 2.16. The van der Waals surface area contributed by atoms with Gasteiger partial charge < -0.3 is 5.32 Å². The van der Waals surface area contributed by atoms with Gasteiger partial charge in [-0.15, -0.1) is 5.10 Å². The summed E-state index contributed by atoms with van der Waals surface area (Å²) in [5.41, 5.74) is 2.33. The number of carbonyl (C=O) groups excluding carboxylic acids is 1. The predicted molar refractivity (Wildman–Crippen MR) is 83.7 cm³/mol. The summed E-state index contributed by atoms with van der Waals surface area (Å²) < 4.78 is 15.1. The van der Waals surface area contributed by atoms with E-state index < -0.39 is 5.91 Å². The Kier molecular flexibility index (Phi) is 4.14. The maximum atomic E-state index is 13.5. The number of nitrogens with zero attached hydrogens (tertiary/aromatic N) is 3. The van der Waals surface area contributed by atoms with E-state index in [0.29, 0.717) is 5.56 Å². The van der Waals surface area contributed by atoms with Crippen molar-refractivity contribution >= 4 is 5.91 Å². The average molecular weight is 310 g/mol. The molecule has 0 bridgehead atoms. The number of aromatic nitrogens is 3. The number of hydrogen-bond donors (Lipinski definition) is 1. The quantitative estimate of drug-likeness (QED) is 0.806. The third-order valence-electron chi connectivity index (χ3n) is 3.36. The lowest BCUT2D eigenvalue weighted by Gasteiger charge is -2.04. The molecule has 5 nitrogen and oxygen atoms in total. The second-order valence-corrected chi connectivity index (χ2v) is 5.13. The van der Waals surface area contributed by atoms with E-state index in [1.54, 1.807) is 18.2 Å². The van der Waals surface area contributed by atoms with Gasteiger partial charge in [0.25, 0.3) is 5.91 Å². The fraction of sp³-hybridized carbons (Fsp3) is 0.118. The van der Waals surface area contributed by atoms with Gasteiger partial charge in [0, 0.05) is 12.1 Å². The molecule has 2 aromatic carbocycles. The first-order chi connectivity index (χ1) is 11.1. The second-order valence-electron chi connectivity index (χ2n) is 5.13. The molecule has 0 aliphatic carbocycles. The van der Waals surface area contributed by atoms with E-state index in [-0.39, 0.29) is 18.2 Å². The van der Waals surface area contributed by atoms with Crippen molar-refractivity contribution in [2.75, 3.05) is 0 Å². The first-order valence-corrected chi connectivity index (χ1v) is 7.14. The Hall–Kier alpha value is -3.02. The van der Waals surface area contributed by atoms with E-state index in [1.165, 1.54) is 17.1 Å². The van der Waals surface area contributed by atoms with E-state index in [2.05, 4.69) is 15.4 Å². The van der Waals surface area contributed by atoms with Gasteiger partial charge in [0.2, 0.25) is 5.82 Å². The Morgan fingerprint density at radius 2 is 2.04 bits per heavy atom. The summed E-state index contributed by atoms with van der Waals surface area (Å²) >= 11 is 0. The van der Waals surface area contributed by atoms with E-state index in [4.69, 9.17) is 0 Å². The lowest BCUT2D eigenvalue weighted by atomic mass is 10.2. The average Bonchev–Trinajstić information content (AvgIpc) is 3.04. The molecule has 0 fully saturated rings. The highest BCUT2D eigenvalue weighted by atomic mass is 19.1. The van der Waals surface area contributed by atoms with Crippen molar-refractivity contribution in [1.82, 2.24) is 20.1 Å². The number of amides is 1. The zero-order valence-corrected chi connectivity index (χ0v) is 12.5. The van der Waals surface area contributed by atoms with Crippen LogP contribution in [0.3, 0.4) is 0 Å². The Labute approximate surface area is 132 Å². The van der Waals surface area contributed by atoms with Crippen LogP contribution in [-0.4, -0.2) is 20.7 Å². The summed E-state index contributed by atoms with van der Waals surface area (Å²) in [6.45, 7) is 2.06. The molecule has 3 aromatic rings. The molecular formula is C17H15FN4O. The molecule has 0 saturated carbocycles. The number of aryl methyl sites for hydroxylation is 1. The molecule has 1 N–H and O–H groups in total. The molecule has 116 valence electrons. The summed E-state index contributed by atoms with van der Waals surface area (Å²) in [5, 5.41) is 6.77. The minimum atomic E-state index is -0.445. The zero-order chi connectivity index (χ0) is 16.2.